The van der Waals surface area contributed by atoms with E-state index in [4.69, 9.17) is 4.74 Å². The van der Waals surface area contributed by atoms with Gasteiger partial charge in [-0.05, 0) is 57.8 Å². The second-order valence-corrected chi connectivity index (χ2v) is 22.8. The number of hydrogen-bond acceptors (Lipinski definition) is 5. The highest BCUT2D eigenvalue weighted by Gasteiger charge is 2.18. The van der Waals surface area contributed by atoms with E-state index in [9.17, 15) is 19.8 Å². The van der Waals surface area contributed by atoms with E-state index in [1.807, 2.05) is 6.08 Å². The van der Waals surface area contributed by atoms with E-state index in [0.29, 0.717) is 19.4 Å². The van der Waals surface area contributed by atoms with Gasteiger partial charge in [0.1, 0.15) is 0 Å². The van der Waals surface area contributed by atoms with Crippen molar-refractivity contribution in [3.8, 4) is 0 Å². The maximum absolute atomic E-state index is 12.5. The normalized spacial score (nSPS) is 12.7. The van der Waals surface area contributed by atoms with Crippen molar-refractivity contribution in [2.45, 2.75) is 379 Å². The number of carbonyl (C=O) groups is 2. The van der Waals surface area contributed by atoms with Crippen LogP contribution in [0.15, 0.2) is 24.3 Å². The third kappa shape index (κ3) is 59.4. The molecule has 0 fully saturated rings. The van der Waals surface area contributed by atoms with Crippen molar-refractivity contribution in [3.05, 3.63) is 24.3 Å². The highest BCUT2D eigenvalue weighted by Crippen LogP contribution is 2.18. The molecule has 432 valence electrons. The van der Waals surface area contributed by atoms with Crippen LogP contribution in [0.2, 0.25) is 0 Å². The van der Waals surface area contributed by atoms with Crippen LogP contribution < -0.4 is 5.32 Å². The smallest absolute Gasteiger partial charge is 0.305 e. The summed E-state index contributed by atoms with van der Waals surface area (Å²) in [6, 6.07) is -0.631. The minimum absolute atomic E-state index is 0.0155. The average Bonchev–Trinajstić information content (AvgIpc) is 3.39. The number of nitrogens with one attached hydrogen (secondary N) is 1. The Morgan fingerprint density at radius 2 is 0.644 bits per heavy atom. The molecule has 0 aromatic carbocycles. The quantitative estimate of drug-likeness (QED) is 0.0320. The van der Waals surface area contributed by atoms with Gasteiger partial charge in [-0.3, -0.25) is 9.59 Å². The zero-order chi connectivity index (χ0) is 52.9. The van der Waals surface area contributed by atoms with Gasteiger partial charge in [0.15, 0.2) is 0 Å². The summed E-state index contributed by atoms with van der Waals surface area (Å²) in [5.74, 6) is -0.0544. The maximum Gasteiger partial charge on any atom is 0.305 e. The van der Waals surface area contributed by atoms with Gasteiger partial charge < -0.3 is 20.3 Å². The van der Waals surface area contributed by atoms with Crippen LogP contribution in [0, 0.1) is 0 Å². The number of amides is 1. The standard InChI is InChI=1S/C67H129NO5/c1-3-5-7-9-11-13-15-17-19-28-32-35-39-43-47-51-55-59-65(70)64(63-69)68-66(71)60-56-52-48-44-40-36-33-29-26-24-22-20-21-23-25-27-30-34-38-42-46-50-54-58-62-73-67(72)61-57-53-49-45-41-37-31-18-16-14-12-10-8-6-4-2/h22,24,55,59,64-65,69-70H,3-21,23,25-54,56-58,60-63H2,1-2H3,(H,68,71)/b24-22-,59-55+. The SMILES string of the molecule is CCCCCCCCCCCCCCCCC/C=C/C(O)C(CO)NC(=O)CCCCCCCCCC/C=C\CCCCCCCCCCCCCCOC(=O)CCCCCCCCCCCCCCCCC. The molecule has 3 N–H and O–H groups in total. The summed E-state index contributed by atoms with van der Waals surface area (Å²) in [6.07, 6.45) is 78.0. The number of aliphatic hydroxyl groups excluding tert-OH is 2. The van der Waals surface area contributed by atoms with Gasteiger partial charge in [0.25, 0.3) is 0 Å². The summed E-state index contributed by atoms with van der Waals surface area (Å²) >= 11 is 0. The number of esters is 1. The Bertz CT molecular complexity index is 1140. The van der Waals surface area contributed by atoms with Crippen LogP contribution in [0.5, 0.6) is 0 Å². The molecule has 0 aromatic heterocycles. The zero-order valence-electron chi connectivity index (χ0n) is 49.4. The second kappa shape index (κ2) is 62.9. The van der Waals surface area contributed by atoms with E-state index >= 15 is 0 Å². The number of allylic oxidation sites excluding steroid dienone is 3. The molecule has 0 radical (unpaired) electrons. The predicted octanol–water partition coefficient (Wildman–Crippen LogP) is 21.0. The Morgan fingerprint density at radius 1 is 0.370 bits per heavy atom. The van der Waals surface area contributed by atoms with Gasteiger partial charge in [-0.1, -0.05) is 321 Å². The topological polar surface area (TPSA) is 95.9 Å². The van der Waals surface area contributed by atoms with E-state index in [2.05, 4.69) is 31.3 Å². The van der Waals surface area contributed by atoms with Crippen molar-refractivity contribution in [3.63, 3.8) is 0 Å². The molecule has 0 aliphatic rings. The summed E-state index contributed by atoms with van der Waals surface area (Å²) in [5, 5.41) is 23.2. The summed E-state index contributed by atoms with van der Waals surface area (Å²) in [6.45, 7) is 4.93. The molecular weight excluding hydrogens is 899 g/mol. The van der Waals surface area contributed by atoms with Crippen LogP contribution >= 0.6 is 0 Å². The molecule has 0 bridgehead atoms. The molecule has 0 spiro atoms. The lowest BCUT2D eigenvalue weighted by Gasteiger charge is -2.20. The molecule has 6 heteroatoms. The Kier molecular flexibility index (Phi) is 61.4. The highest BCUT2D eigenvalue weighted by atomic mass is 16.5. The molecule has 0 aliphatic heterocycles. The molecule has 0 aromatic rings. The molecule has 6 nitrogen and oxygen atoms in total. The molecular formula is C67H129NO5. The summed E-state index contributed by atoms with van der Waals surface area (Å²) in [5.41, 5.74) is 0. The number of aliphatic hydroxyl groups is 2. The summed E-state index contributed by atoms with van der Waals surface area (Å²) in [4.78, 5) is 24.6. The molecule has 2 atom stereocenters. The molecule has 2 unspecified atom stereocenters. The fourth-order valence-electron chi connectivity index (χ4n) is 10.4. The highest BCUT2D eigenvalue weighted by molar-refractivity contribution is 5.76. The van der Waals surface area contributed by atoms with E-state index < -0.39 is 12.1 Å². The molecule has 73 heavy (non-hydrogen) atoms. The number of hydrogen-bond donors (Lipinski definition) is 3. The third-order valence-corrected chi connectivity index (χ3v) is 15.5. The van der Waals surface area contributed by atoms with Crippen molar-refractivity contribution < 1.29 is 24.5 Å². The van der Waals surface area contributed by atoms with Gasteiger partial charge in [-0.15, -0.1) is 0 Å². The van der Waals surface area contributed by atoms with Crippen LogP contribution in [0.4, 0.5) is 0 Å². The molecule has 0 rings (SSSR count). The molecule has 1 amide bonds. The minimum atomic E-state index is -0.847. The van der Waals surface area contributed by atoms with Crippen molar-refractivity contribution >= 4 is 11.9 Å². The van der Waals surface area contributed by atoms with Gasteiger partial charge in [0, 0.05) is 12.8 Å². The van der Waals surface area contributed by atoms with Crippen molar-refractivity contribution in [1.29, 1.82) is 0 Å². The minimum Gasteiger partial charge on any atom is -0.466 e. The summed E-state index contributed by atoms with van der Waals surface area (Å²) in [7, 11) is 0. The molecule has 0 aliphatic carbocycles. The first-order chi connectivity index (χ1) is 36.0. The Labute approximate surface area is 456 Å². The third-order valence-electron chi connectivity index (χ3n) is 15.5. The summed E-state index contributed by atoms with van der Waals surface area (Å²) < 4.78 is 5.49. The lowest BCUT2D eigenvalue weighted by Crippen LogP contribution is -2.45. The van der Waals surface area contributed by atoms with Gasteiger partial charge in [0.05, 0.1) is 25.4 Å². The Hall–Kier alpha value is -1.66. The second-order valence-electron chi connectivity index (χ2n) is 22.8. The average molecular weight is 1030 g/mol. The van der Waals surface area contributed by atoms with Crippen LogP contribution in [0.25, 0.3) is 0 Å². The van der Waals surface area contributed by atoms with Gasteiger partial charge in [-0.2, -0.15) is 0 Å². The molecule has 0 heterocycles. The lowest BCUT2D eigenvalue weighted by atomic mass is 10.0. The zero-order valence-corrected chi connectivity index (χ0v) is 49.4. The molecule has 0 saturated carbocycles. The number of unbranched alkanes of at least 4 members (excludes halogenated alkanes) is 49. The Morgan fingerprint density at radius 3 is 0.973 bits per heavy atom. The first kappa shape index (κ1) is 71.3. The fourth-order valence-corrected chi connectivity index (χ4v) is 10.4. The number of ether oxygens (including phenoxy) is 1. The van der Waals surface area contributed by atoms with Crippen LogP contribution in [0.1, 0.15) is 367 Å². The van der Waals surface area contributed by atoms with E-state index in [1.165, 1.54) is 302 Å². The first-order valence-electron chi connectivity index (χ1n) is 33.1. The largest absolute Gasteiger partial charge is 0.466 e. The van der Waals surface area contributed by atoms with Crippen molar-refractivity contribution in [1.82, 2.24) is 5.32 Å². The van der Waals surface area contributed by atoms with Crippen LogP contribution in [-0.2, 0) is 14.3 Å². The van der Waals surface area contributed by atoms with E-state index in [0.717, 1.165) is 38.5 Å². The fraction of sp³-hybridized carbons (Fsp3) is 0.910. The molecule has 0 saturated heterocycles. The monoisotopic (exact) mass is 1030 g/mol. The van der Waals surface area contributed by atoms with Crippen LogP contribution in [0.3, 0.4) is 0 Å². The van der Waals surface area contributed by atoms with Crippen molar-refractivity contribution in [2.24, 2.45) is 0 Å². The van der Waals surface area contributed by atoms with Gasteiger partial charge >= 0.3 is 5.97 Å². The number of carbonyl (C=O) groups excluding carboxylic acids is 2. The van der Waals surface area contributed by atoms with Crippen molar-refractivity contribution in [2.75, 3.05) is 13.2 Å². The van der Waals surface area contributed by atoms with E-state index in [-0.39, 0.29) is 18.5 Å². The van der Waals surface area contributed by atoms with Gasteiger partial charge in [0.2, 0.25) is 5.91 Å². The predicted molar refractivity (Wildman–Crippen MR) is 320 cm³/mol. The van der Waals surface area contributed by atoms with E-state index in [1.54, 1.807) is 6.08 Å². The van der Waals surface area contributed by atoms with Crippen LogP contribution in [-0.4, -0.2) is 47.4 Å². The Balaban J connectivity index is 3.41. The lowest BCUT2D eigenvalue weighted by molar-refractivity contribution is -0.143. The number of rotatable bonds is 62. The maximum atomic E-state index is 12.5. The first-order valence-corrected chi connectivity index (χ1v) is 33.1. The van der Waals surface area contributed by atoms with Gasteiger partial charge in [-0.25, -0.2) is 0 Å².